The molecule has 0 aliphatic carbocycles. The largest absolute Gasteiger partial charge is 0.372 e. The SMILES string of the molecule is Cc1cc(Br)c(NC(C)C(=O)N(C)C)c(Br)c1. The number of benzene rings is 1. The molecule has 1 unspecified atom stereocenters. The first kappa shape index (κ1) is 14.5. The van der Waals surface area contributed by atoms with Gasteiger partial charge in [0.2, 0.25) is 5.91 Å². The number of aryl methyl sites for hydroxylation is 1. The number of carbonyl (C=O) groups is 1. The van der Waals surface area contributed by atoms with Crippen molar-refractivity contribution in [3.8, 4) is 0 Å². The van der Waals surface area contributed by atoms with E-state index in [4.69, 9.17) is 0 Å². The monoisotopic (exact) mass is 362 g/mol. The minimum Gasteiger partial charge on any atom is -0.372 e. The Balaban J connectivity index is 2.92. The van der Waals surface area contributed by atoms with Crippen LogP contribution in [0.15, 0.2) is 21.1 Å². The van der Waals surface area contributed by atoms with Gasteiger partial charge in [0.25, 0.3) is 0 Å². The van der Waals surface area contributed by atoms with E-state index in [1.807, 2.05) is 26.0 Å². The molecule has 1 atom stereocenters. The fraction of sp³-hybridized carbons (Fsp3) is 0.417. The van der Waals surface area contributed by atoms with Crippen LogP contribution in [-0.2, 0) is 4.79 Å². The molecule has 0 spiro atoms. The molecule has 0 bridgehead atoms. The molecular formula is C12H16Br2N2O. The zero-order chi connectivity index (χ0) is 13.2. The Morgan fingerprint density at radius 2 is 1.76 bits per heavy atom. The number of anilines is 1. The summed E-state index contributed by atoms with van der Waals surface area (Å²) in [5, 5.41) is 3.20. The molecule has 17 heavy (non-hydrogen) atoms. The van der Waals surface area contributed by atoms with Crippen molar-refractivity contribution in [1.82, 2.24) is 4.90 Å². The molecule has 1 aromatic carbocycles. The quantitative estimate of drug-likeness (QED) is 0.892. The number of nitrogens with one attached hydrogen (secondary N) is 1. The summed E-state index contributed by atoms with van der Waals surface area (Å²) >= 11 is 6.99. The molecule has 0 saturated carbocycles. The number of nitrogens with zero attached hydrogens (tertiary/aromatic N) is 1. The van der Waals surface area contributed by atoms with Crippen LogP contribution in [0, 0.1) is 6.92 Å². The molecule has 0 aliphatic rings. The van der Waals surface area contributed by atoms with Crippen molar-refractivity contribution in [3.05, 3.63) is 26.6 Å². The van der Waals surface area contributed by atoms with E-state index in [2.05, 4.69) is 37.2 Å². The van der Waals surface area contributed by atoms with Crippen LogP contribution >= 0.6 is 31.9 Å². The molecule has 3 nitrogen and oxygen atoms in total. The molecule has 0 radical (unpaired) electrons. The van der Waals surface area contributed by atoms with Crippen LogP contribution < -0.4 is 5.32 Å². The van der Waals surface area contributed by atoms with Crippen LogP contribution in [0.25, 0.3) is 0 Å². The molecular weight excluding hydrogens is 348 g/mol. The third-order valence-corrected chi connectivity index (χ3v) is 3.61. The van der Waals surface area contributed by atoms with Gasteiger partial charge in [-0.25, -0.2) is 0 Å². The van der Waals surface area contributed by atoms with Gasteiger partial charge in [-0.05, 0) is 63.4 Å². The van der Waals surface area contributed by atoms with Gasteiger partial charge >= 0.3 is 0 Å². The summed E-state index contributed by atoms with van der Waals surface area (Å²) in [5.74, 6) is 0.0457. The Morgan fingerprint density at radius 1 is 1.29 bits per heavy atom. The summed E-state index contributed by atoms with van der Waals surface area (Å²) in [5.41, 5.74) is 2.05. The standard InChI is InChI=1S/C12H16Br2N2O/c1-7-5-9(13)11(10(14)6-7)15-8(2)12(17)16(3)4/h5-6,8,15H,1-4H3. The second kappa shape index (κ2) is 5.87. The lowest BCUT2D eigenvalue weighted by Gasteiger charge is -2.20. The highest BCUT2D eigenvalue weighted by molar-refractivity contribution is 9.11. The minimum atomic E-state index is -0.264. The van der Waals surface area contributed by atoms with Gasteiger partial charge in [0, 0.05) is 23.0 Å². The van der Waals surface area contributed by atoms with Crippen LogP contribution in [-0.4, -0.2) is 30.9 Å². The first-order chi connectivity index (χ1) is 7.82. The molecule has 94 valence electrons. The summed E-state index contributed by atoms with van der Waals surface area (Å²) in [6, 6.07) is 3.76. The number of hydrogen-bond donors (Lipinski definition) is 1. The van der Waals surface area contributed by atoms with Crippen LogP contribution in [0.3, 0.4) is 0 Å². The third-order valence-electron chi connectivity index (χ3n) is 2.36. The number of rotatable bonds is 3. The summed E-state index contributed by atoms with van der Waals surface area (Å²) < 4.78 is 1.89. The molecule has 5 heteroatoms. The maximum Gasteiger partial charge on any atom is 0.244 e. The molecule has 1 rings (SSSR count). The average molecular weight is 364 g/mol. The fourth-order valence-corrected chi connectivity index (χ4v) is 3.15. The number of likely N-dealkylation sites (N-methyl/N-ethyl adjacent to an activating group) is 1. The van der Waals surface area contributed by atoms with Gasteiger partial charge in [0.05, 0.1) is 5.69 Å². The number of carbonyl (C=O) groups excluding carboxylic acids is 1. The maximum absolute atomic E-state index is 11.8. The Kier molecular flexibility index (Phi) is 5.01. The van der Waals surface area contributed by atoms with E-state index in [9.17, 15) is 4.79 Å². The lowest BCUT2D eigenvalue weighted by atomic mass is 10.2. The van der Waals surface area contributed by atoms with Gasteiger partial charge in [-0.15, -0.1) is 0 Å². The normalized spacial score (nSPS) is 12.1. The molecule has 1 amide bonds. The lowest BCUT2D eigenvalue weighted by molar-refractivity contribution is -0.129. The number of halogens is 2. The molecule has 0 saturated heterocycles. The predicted octanol–water partition coefficient (Wildman–Crippen LogP) is 3.41. The molecule has 0 heterocycles. The molecule has 0 aliphatic heterocycles. The van der Waals surface area contributed by atoms with Crippen molar-refractivity contribution in [2.45, 2.75) is 19.9 Å². The van der Waals surface area contributed by atoms with Gasteiger partial charge < -0.3 is 10.2 Å². The minimum absolute atomic E-state index is 0.0457. The summed E-state index contributed by atoms with van der Waals surface area (Å²) in [4.78, 5) is 13.3. The van der Waals surface area contributed by atoms with Crippen LogP contribution in [0.1, 0.15) is 12.5 Å². The van der Waals surface area contributed by atoms with Gasteiger partial charge in [-0.3, -0.25) is 4.79 Å². The Bertz CT molecular complexity index is 410. The van der Waals surface area contributed by atoms with Gasteiger partial charge in [0.15, 0.2) is 0 Å². The zero-order valence-electron chi connectivity index (χ0n) is 10.3. The lowest BCUT2D eigenvalue weighted by Crippen LogP contribution is -2.36. The van der Waals surface area contributed by atoms with Gasteiger partial charge in [-0.2, -0.15) is 0 Å². The highest BCUT2D eigenvalue weighted by Gasteiger charge is 2.17. The topological polar surface area (TPSA) is 32.3 Å². The molecule has 0 aromatic heterocycles. The van der Waals surface area contributed by atoms with Crippen molar-refractivity contribution in [2.24, 2.45) is 0 Å². The average Bonchev–Trinajstić information content (AvgIpc) is 2.21. The van der Waals surface area contributed by atoms with Crippen molar-refractivity contribution >= 4 is 43.5 Å². The van der Waals surface area contributed by atoms with E-state index < -0.39 is 0 Å². The van der Waals surface area contributed by atoms with E-state index in [-0.39, 0.29) is 11.9 Å². The van der Waals surface area contributed by atoms with Gasteiger partial charge in [0.1, 0.15) is 6.04 Å². The Hall–Kier alpha value is -0.550. The van der Waals surface area contributed by atoms with Crippen LogP contribution in [0.4, 0.5) is 5.69 Å². The van der Waals surface area contributed by atoms with Gasteiger partial charge in [-0.1, -0.05) is 0 Å². The van der Waals surface area contributed by atoms with Crippen LogP contribution in [0.2, 0.25) is 0 Å². The number of hydrogen-bond acceptors (Lipinski definition) is 2. The van der Waals surface area contributed by atoms with Crippen molar-refractivity contribution in [3.63, 3.8) is 0 Å². The molecule has 1 aromatic rings. The van der Waals surface area contributed by atoms with E-state index in [0.29, 0.717) is 0 Å². The molecule has 1 N–H and O–H groups in total. The summed E-state index contributed by atoms with van der Waals surface area (Å²) in [6.07, 6.45) is 0. The van der Waals surface area contributed by atoms with E-state index in [1.165, 1.54) is 0 Å². The van der Waals surface area contributed by atoms with E-state index in [1.54, 1.807) is 19.0 Å². The fourth-order valence-electron chi connectivity index (χ4n) is 1.50. The predicted molar refractivity (Wildman–Crippen MR) is 78.4 cm³/mol. The Labute approximate surface area is 119 Å². The highest BCUT2D eigenvalue weighted by Crippen LogP contribution is 2.32. The summed E-state index contributed by atoms with van der Waals surface area (Å²) in [6.45, 7) is 3.87. The first-order valence-electron chi connectivity index (χ1n) is 5.26. The van der Waals surface area contributed by atoms with Crippen molar-refractivity contribution in [2.75, 3.05) is 19.4 Å². The first-order valence-corrected chi connectivity index (χ1v) is 6.85. The number of amides is 1. The van der Waals surface area contributed by atoms with E-state index >= 15 is 0 Å². The maximum atomic E-state index is 11.8. The van der Waals surface area contributed by atoms with Crippen molar-refractivity contribution < 1.29 is 4.79 Å². The highest BCUT2D eigenvalue weighted by atomic mass is 79.9. The van der Waals surface area contributed by atoms with E-state index in [0.717, 1.165) is 20.2 Å². The molecule has 0 fully saturated rings. The Morgan fingerprint density at radius 3 is 2.18 bits per heavy atom. The smallest absolute Gasteiger partial charge is 0.244 e. The second-order valence-electron chi connectivity index (χ2n) is 4.20. The summed E-state index contributed by atoms with van der Waals surface area (Å²) in [7, 11) is 3.50. The van der Waals surface area contributed by atoms with Crippen molar-refractivity contribution in [1.29, 1.82) is 0 Å². The second-order valence-corrected chi connectivity index (χ2v) is 5.91. The zero-order valence-corrected chi connectivity index (χ0v) is 13.5. The van der Waals surface area contributed by atoms with Crippen LogP contribution in [0.5, 0.6) is 0 Å². The third kappa shape index (κ3) is 3.71.